The summed E-state index contributed by atoms with van der Waals surface area (Å²) in [7, 11) is 0. The number of benzene rings is 1. The Kier molecular flexibility index (Phi) is 6.50. The van der Waals surface area contributed by atoms with Crippen LogP contribution in [0.15, 0.2) is 18.2 Å². The van der Waals surface area contributed by atoms with E-state index in [2.05, 4.69) is 19.2 Å². The third-order valence-electron chi connectivity index (χ3n) is 4.82. The van der Waals surface area contributed by atoms with Crippen molar-refractivity contribution >= 4 is 11.6 Å². The molecule has 0 bridgehead atoms. The van der Waals surface area contributed by atoms with E-state index in [-0.39, 0.29) is 5.82 Å². The van der Waals surface area contributed by atoms with Crippen LogP contribution in [0.2, 0.25) is 5.02 Å². The van der Waals surface area contributed by atoms with Crippen LogP contribution in [-0.4, -0.2) is 13.1 Å². The summed E-state index contributed by atoms with van der Waals surface area (Å²) in [6, 6.07) is 5.19. The predicted octanol–water partition coefficient (Wildman–Crippen LogP) is 5.39. The van der Waals surface area contributed by atoms with Gasteiger partial charge in [0.1, 0.15) is 5.82 Å². The number of hydrogen-bond donors (Lipinski definition) is 1. The minimum Gasteiger partial charge on any atom is -0.317 e. The average molecular weight is 312 g/mol. The highest BCUT2D eigenvalue weighted by Crippen LogP contribution is 2.43. The molecule has 21 heavy (non-hydrogen) atoms. The zero-order valence-corrected chi connectivity index (χ0v) is 13.9. The van der Waals surface area contributed by atoms with Crippen molar-refractivity contribution < 1.29 is 4.39 Å². The smallest absolute Gasteiger partial charge is 0.128 e. The van der Waals surface area contributed by atoms with Gasteiger partial charge < -0.3 is 5.32 Å². The highest BCUT2D eigenvalue weighted by atomic mass is 35.5. The van der Waals surface area contributed by atoms with Crippen LogP contribution in [0.25, 0.3) is 0 Å². The first-order valence-corrected chi connectivity index (χ1v) is 8.69. The normalized spacial score (nSPS) is 26.0. The maximum atomic E-state index is 14.3. The van der Waals surface area contributed by atoms with Crippen LogP contribution >= 0.6 is 11.6 Å². The van der Waals surface area contributed by atoms with Crippen LogP contribution in [0.1, 0.15) is 57.4 Å². The van der Waals surface area contributed by atoms with Crippen molar-refractivity contribution in [3.63, 3.8) is 0 Å². The maximum Gasteiger partial charge on any atom is 0.128 e. The minimum atomic E-state index is -0.133. The lowest BCUT2D eigenvalue weighted by atomic mass is 9.70. The molecule has 1 fully saturated rings. The Labute approximate surface area is 133 Å². The Hall–Kier alpha value is -0.600. The minimum absolute atomic E-state index is 0.133. The van der Waals surface area contributed by atoms with E-state index in [0.717, 1.165) is 31.0 Å². The third kappa shape index (κ3) is 4.43. The monoisotopic (exact) mass is 311 g/mol. The molecule has 1 saturated carbocycles. The van der Waals surface area contributed by atoms with Gasteiger partial charge in [-0.05, 0) is 61.4 Å². The summed E-state index contributed by atoms with van der Waals surface area (Å²) in [5.41, 5.74) is 0.864. The molecule has 0 radical (unpaired) electrons. The number of nitrogens with one attached hydrogen (secondary N) is 1. The second kappa shape index (κ2) is 8.14. The molecule has 118 valence electrons. The molecule has 1 aromatic carbocycles. The van der Waals surface area contributed by atoms with Crippen molar-refractivity contribution in [2.75, 3.05) is 13.1 Å². The highest BCUT2D eigenvalue weighted by Gasteiger charge is 2.32. The van der Waals surface area contributed by atoms with Gasteiger partial charge in [0.15, 0.2) is 0 Å². The molecular formula is C18H27ClFN. The molecule has 2 rings (SSSR count). The van der Waals surface area contributed by atoms with Gasteiger partial charge in [-0.3, -0.25) is 0 Å². The summed E-state index contributed by atoms with van der Waals surface area (Å²) in [6.45, 7) is 6.33. The summed E-state index contributed by atoms with van der Waals surface area (Å²) in [5.74, 6) is 1.47. The highest BCUT2D eigenvalue weighted by molar-refractivity contribution is 6.30. The molecule has 1 aliphatic carbocycles. The lowest BCUT2D eigenvalue weighted by Crippen LogP contribution is -2.32. The van der Waals surface area contributed by atoms with Crippen LogP contribution in [0.3, 0.4) is 0 Å². The fourth-order valence-corrected chi connectivity index (χ4v) is 3.91. The Balaban J connectivity index is 2.18. The van der Waals surface area contributed by atoms with Gasteiger partial charge in [0.2, 0.25) is 0 Å². The molecule has 0 aliphatic heterocycles. The van der Waals surface area contributed by atoms with Gasteiger partial charge in [0.25, 0.3) is 0 Å². The van der Waals surface area contributed by atoms with Gasteiger partial charge in [-0.1, -0.05) is 50.8 Å². The van der Waals surface area contributed by atoms with Crippen LogP contribution < -0.4 is 5.32 Å². The van der Waals surface area contributed by atoms with E-state index < -0.39 is 0 Å². The molecular weight excluding hydrogens is 285 g/mol. The lowest BCUT2D eigenvalue weighted by Gasteiger charge is -2.37. The average Bonchev–Trinajstić information content (AvgIpc) is 2.46. The summed E-state index contributed by atoms with van der Waals surface area (Å²) in [6.07, 6.45) is 6.08. The standard InChI is InChI=1S/C18H27ClFN/c1-3-5-13-6-7-14(12-21-4-2)17(10-13)16-9-8-15(19)11-18(16)20/h8-9,11,13-14,17,21H,3-7,10,12H2,1-2H3. The van der Waals surface area contributed by atoms with Gasteiger partial charge >= 0.3 is 0 Å². The molecule has 0 heterocycles. The van der Waals surface area contributed by atoms with E-state index in [1.165, 1.54) is 31.7 Å². The second-order valence-electron chi connectivity index (χ2n) is 6.31. The van der Waals surface area contributed by atoms with E-state index in [9.17, 15) is 4.39 Å². The molecule has 1 nitrogen and oxygen atoms in total. The zero-order chi connectivity index (χ0) is 15.2. The molecule has 3 unspecified atom stereocenters. The Bertz CT molecular complexity index is 449. The Morgan fingerprint density at radius 1 is 1.29 bits per heavy atom. The largest absolute Gasteiger partial charge is 0.317 e. The topological polar surface area (TPSA) is 12.0 Å². The van der Waals surface area contributed by atoms with Crippen molar-refractivity contribution in [2.24, 2.45) is 11.8 Å². The molecule has 0 spiro atoms. The van der Waals surface area contributed by atoms with Crippen molar-refractivity contribution in [1.29, 1.82) is 0 Å². The van der Waals surface area contributed by atoms with Crippen LogP contribution in [0, 0.1) is 17.7 Å². The number of halogens is 2. The van der Waals surface area contributed by atoms with Gasteiger partial charge in [-0.2, -0.15) is 0 Å². The Morgan fingerprint density at radius 2 is 2.10 bits per heavy atom. The lowest BCUT2D eigenvalue weighted by molar-refractivity contribution is 0.218. The first kappa shape index (κ1) is 16.8. The second-order valence-corrected chi connectivity index (χ2v) is 6.74. The van der Waals surface area contributed by atoms with Crippen LogP contribution in [0.5, 0.6) is 0 Å². The van der Waals surface area contributed by atoms with Gasteiger partial charge in [-0.15, -0.1) is 0 Å². The molecule has 3 heteroatoms. The molecule has 0 saturated heterocycles. The molecule has 0 amide bonds. The van der Waals surface area contributed by atoms with Crippen molar-refractivity contribution in [3.05, 3.63) is 34.6 Å². The van der Waals surface area contributed by atoms with E-state index in [1.54, 1.807) is 0 Å². The molecule has 0 aromatic heterocycles. The van der Waals surface area contributed by atoms with Gasteiger partial charge in [0, 0.05) is 5.02 Å². The first-order chi connectivity index (χ1) is 10.2. The van der Waals surface area contributed by atoms with Gasteiger partial charge in [-0.25, -0.2) is 4.39 Å². The Morgan fingerprint density at radius 3 is 2.76 bits per heavy atom. The summed E-state index contributed by atoms with van der Waals surface area (Å²) in [4.78, 5) is 0. The molecule has 1 aromatic rings. The quantitative estimate of drug-likeness (QED) is 0.743. The van der Waals surface area contributed by atoms with E-state index in [0.29, 0.717) is 16.9 Å². The fourth-order valence-electron chi connectivity index (χ4n) is 3.75. The van der Waals surface area contributed by atoms with Gasteiger partial charge in [0.05, 0.1) is 0 Å². The third-order valence-corrected chi connectivity index (χ3v) is 5.05. The molecule has 1 N–H and O–H groups in total. The number of hydrogen-bond acceptors (Lipinski definition) is 1. The van der Waals surface area contributed by atoms with E-state index in [4.69, 9.17) is 11.6 Å². The summed E-state index contributed by atoms with van der Waals surface area (Å²) >= 11 is 5.90. The maximum absolute atomic E-state index is 14.3. The number of rotatable bonds is 6. The summed E-state index contributed by atoms with van der Waals surface area (Å²) < 4.78 is 14.3. The first-order valence-electron chi connectivity index (χ1n) is 8.31. The molecule has 3 atom stereocenters. The predicted molar refractivity (Wildman–Crippen MR) is 88.4 cm³/mol. The van der Waals surface area contributed by atoms with Crippen molar-refractivity contribution in [1.82, 2.24) is 5.32 Å². The molecule has 1 aliphatic rings. The SMILES string of the molecule is CCCC1CCC(CNCC)C(c2ccc(Cl)cc2F)C1. The van der Waals surface area contributed by atoms with Crippen LogP contribution in [-0.2, 0) is 0 Å². The van der Waals surface area contributed by atoms with Crippen molar-refractivity contribution in [3.8, 4) is 0 Å². The summed E-state index contributed by atoms with van der Waals surface area (Å²) in [5, 5.41) is 3.93. The van der Waals surface area contributed by atoms with E-state index >= 15 is 0 Å². The zero-order valence-electron chi connectivity index (χ0n) is 13.2. The van der Waals surface area contributed by atoms with E-state index in [1.807, 2.05) is 12.1 Å². The fraction of sp³-hybridized carbons (Fsp3) is 0.667. The van der Waals surface area contributed by atoms with Crippen molar-refractivity contribution in [2.45, 2.75) is 51.9 Å². The van der Waals surface area contributed by atoms with Crippen LogP contribution in [0.4, 0.5) is 4.39 Å².